The number of hydrogen-bond acceptors (Lipinski definition) is 5. The number of benzene rings is 1. The van der Waals surface area contributed by atoms with E-state index >= 15 is 0 Å². The maximum absolute atomic E-state index is 13.1. The van der Waals surface area contributed by atoms with Gasteiger partial charge in [-0.1, -0.05) is 0 Å². The largest absolute Gasteiger partial charge is 0.398 e. The Kier molecular flexibility index (Phi) is 4.02. The van der Waals surface area contributed by atoms with Gasteiger partial charge in [0.2, 0.25) is 0 Å². The lowest BCUT2D eigenvalue weighted by molar-refractivity contribution is 0.122. The molecule has 0 spiro atoms. The van der Waals surface area contributed by atoms with Crippen molar-refractivity contribution in [3.05, 3.63) is 53.5 Å². The van der Waals surface area contributed by atoms with E-state index in [1.165, 1.54) is 18.2 Å². The number of rotatable bonds is 3. The summed E-state index contributed by atoms with van der Waals surface area (Å²) < 4.78 is 18.5. The second kappa shape index (κ2) is 6.11. The zero-order valence-corrected chi connectivity index (χ0v) is 12.1. The summed E-state index contributed by atoms with van der Waals surface area (Å²) in [6.07, 6.45) is 1.67. The minimum atomic E-state index is -0.405. The first kappa shape index (κ1) is 14.5. The molecule has 0 radical (unpaired) electrons. The van der Waals surface area contributed by atoms with Gasteiger partial charge in [-0.2, -0.15) is 0 Å². The van der Waals surface area contributed by atoms with E-state index in [0.717, 1.165) is 18.9 Å². The highest BCUT2D eigenvalue weighted by Crippen LogP contribution is 2.20. The van der Waals surface area contributed by atoms with Crippen LogP contribution in [0.2, 0.25) is 0 Å². The third kappa shape index (κ3) is 2.92. The van der Waals surface area contributed by atoms with Crippen LogP contribution in [0.1, 0.15) is 11.1 Å². The number of aromatic nitrogens is 1. The summed E-state index contributed by atoms with van der Waals surface area (Å²) in [5, 5.41) is 8.32. The fourth-order valence-corrected chi connectivity index (χ4v) is 2.46. The van der Waals surface area contributed by atoms with Gasteiger partial charge in [0.15, 0.2) is 0 Å². The van der Waals surface area contributed by atoms with Crippen molar-refractivity contribution in [1.29, 1.82) is 5.41 Å². The van der Waals surface area contributed by atoms with Gasteiger partial charge in [0, 0.05) is 36.1 Å². The summed E-state index contributed by atoms with van der Waals surface area (Å²) in [7, 11) is 0. The number of pyridine rings is 1. The zero-order valence-electron chi connectivity index (χ0n) is 12.1. The predicted octanol–water partition coefficient (Wildman–Crippen LogP) is 2.06. The number of nitrogens with zero attached hydrogens (tertiary/aromatic N) is 2. The average Bonchev–Trinajstić information content (AvgIpc) is 2.55. The van der Waals surface area contributed by atoms with Gasteiger partial charge in [0.05, 0.1) is 18.9 Å². The summed E-state index contributed by atoms with van der Waals surface area (Å²) in [5.74, 6) is 0.406. The molecule has 1 fully saturated rings. The Bertz CT molecular complexity index is 698. The lowest BCUT2D eigenvalue weighted by Crippen LogP contribution is -2.36. The number of halogens is 1. The molecule has 1 aliphatic rings. The normalized spacial score (nSPS) is 14.9. The van der Waals surface area contributed by atoms with Gasteiger partial charge in [-0.25, -0.2) is 9.37 Å². The predicted molar refractivity (Wildman–Crippen MR) is 84.0 cm³/mol. The number of nitrogens with two attached hydrogens (primary N) is 1. The standard InChI is InChI=1S/C16H17FN4O/c17-12-1-2-13(14(18)10-12)16(19)11-3-4-20-15(9-11)21-5-7-22-8-6-21/h1-4,9-10,19H,5-8,18H2. The molecule has 114 valence electrons. The number of nitrogen functional groups attached to an aromatic ring is 1. The quantitative estimate of drug-likeness (QED) is 0.672. The molecule has 1 aromatic heterocycles. The first-order valence-corrected chi connectivity index (χ1v) is 7.08. The monoisotopic (exact) mass is 300 g/mol. The van der Waals surface area contributed by atoms with Crippen LogP contribution >= 0.6 is 0 Å². The van der Waals surface area contributed by atoms with Crippen molar-refractivity contribution in [3.63, 3.8) is 0 Å². The zero-order chi connectivity index (χ0) is 15.5. The van der Waals surface area contributed by atoms with Crippen molar-refractivity contribution >= 4 is 17.2 Å². The summed E-state index contributed by atoms with van der Waals surface area (Å²) in [5.41, 5.74) is 7.55. The average molecular weight is 300 g/mol. The molecule has 2 heterocycles. The van der Waals surface area contributed by atoms with Crippen LogP contribution in [0.15, 0.2) is 36.5 Å². The smallest absolute Gasteiger partial charge is 0.129 e. The Hall–Kier alpha value is -2.47. The Labute approximate surface area is 128 Å². The Morgan fingerprint density at radius 1 is 1.23 bits per heavy atom. The van der Waals surface area contributed by atoms with E-state index in [2.05, 4.69) is 9.88 Å². The molecule has 5 nitrogen and oxygen atoms in total. The molecule has 2 aromatic rings. The van der Waals surface area contributed by atoms with Crippen LogP contribution in [-0.2, 0) is 4.74 Å². The molecule has 1 aliphatic heterocycles. The van der Waals surface area contributed by atoms with Crippen LogP contribution in [0, 0.1) is 11.2 Å². The van der Waals surface area contributed by atoms with Gasteiger partial charge in [-0.3, -0.25) is 5.41 Å². The lowest BCUT2D eigenvalue weighted by Gasteiger charge is -2.28. The van der Waals surface area contributed by atoms with Crippen LogP contribution in [0.25, 0.3) is 0 Å². The molecule has 22 heavy (non-hydrogen) atoms. The van der Waals surface area contributed by atoms with E-state index in [0.29, 0.717) is 24.3 Å². The van der Waals surface area contributed by atoms with Gasteiger partial charge < -0.3 is 15.4 Å². The Balaban J connectivity index is 1.89. The van der Waals surface area contributed by atoms with Gasteiger partial charge in [0.1, 0.15) is 11.6 Å². The van der Waals surface area contributed by atoms with Crippen LogP contribution in [0.4, 0.5) is 15.9 Å². The summed E-state index contributed by atoms with van der Waals surface area (Å²) in [4.78, 5) is 6.48. The van der Waals surface area contributed by atoms with Crippen LogP contribution in [0.3, 0.4) is 0 Å². The van der Waals surface area contributed by atoms with Crippen molar-refractivity contribution in [2.45, 2.75) is 0 Å². The number of anilines is 2. The van der Waals surface area contributed by atoms with Crippen molar-refractivity contribution < 1.29 is 9.13 Å². The summed E-state index contributed by atoms with van der Waals surface area (Å²) in [6, 6.07) is 7.69. The molecule has 0 unspecified atom stereocenters. The van der Waals surface area contributed by atoms with E-state index in [9.17, 15) is 4.39 Å². The van der Waals surface area contributed by atoms with Crippen LogP contribution in [0.5, 0.6) is 0 Å². The third-order valence-electron chi connectivity index (χ3n) is 3.65. The van der Waals surface area contributed by atoms with E-state index in [1.807, 2.05) is 6.07 Å². The van der Waals surface area contributed by atoms with Gasteiger partial charge >= 0.3 is 0 Å². The minimum Gasteiger partial charge on any atom is -0.398 e. The molecule has 3 rings (SSSR count). The molecule has 0 bridgehead atoms. The number of ether oxygens (including phenoxy) is 1. The van der Waals surface area contributed by atoms with E-state index in [1.54, 1.807) is 12.3 Å². The molecule has 1 saturated heterocycles. The first-order valence-electron chi connectivity index (χ1n) is 7.08. The first-order chi connectivity index (χ1) is 10.6. The SMILES string of the molecule is N=C(c1ccnc(N2CCOCC2)c1)c1ccc(F)cc1N. The van der Waals surface area contributed by atoms with Crippen molar-refractivity contribution in [2.75, 3.05) is 36.9 Å². The van der Waals surface area contributed by atoms with Crippen molar-refractivity contribution in [3.8, 4) is 0 Å². The molecule has 0 amide bonds. The van der Waals surface area contributed by atoms with Crippen molar-refractivity contribution in [2.24, 2.45) is 0 Å². The number of morpholine rings is 1. The minimum absolute atomic E-state index is 0.259. The molecule has 0 saturated carbocycles. The second-order valence-corrected chi connectivity index (χ2v) is 5.11. The molecule has 3 N–H and O–H groups in total. The second-order valence-electron chi connectivity index (χ2n) is 5.11. The maximum Gasteiger partial charge on any atom is 0.129 e. The molecular formula is C16H17FN4O. The van der Waals surface area contributed by atoms with E-state index in [-0.39, 0.29) is 11.4 Å². The number of nitrogens with one attached hydrogen (secondary N) is 1. The fraction of sp³-hybridized carbons (Fsp3) is 0.250. The number of hydrogen-bond donors (Lipinski definition) is 2. The molecule has 0 atom stereocenters. The highest BCUT2D eigenvalue weighted by molar-refractivity contribution is 6.14. The van der Waals surface area contributed by atoms with E-state index in [4.69, 9.17) is 15.9 Å². The Morgan fingerprint density at radius 3 is 2.73 bits per heavy atom. The molecule has 0 aliphatic carbocycles. The van der Waals surface area contributed by atoms with Crippen LogP contribution < -0.4 is 10.6 Å². The third-order valence-corrected chi connectivity index (χ3v) is 3.65. The van der Waals surface area contributed by atoms with Gasteiger partial charge in [0.25, 0.3) is 0 Å². The molecule has 6 heteroatoms. The summed E-state index contributed by atoms with van der Waals surface area (Å²) in [6.45, 7) is 2.91. The highest BCUT2D eigenvalue weighted by atomic mass is 19.1. The fourth-order valence-electron chi connectivity index (χ4n) is 2.46. The van der Waals surface area contributed by atoms with Gasteiger partial charge in [-0.05, 0) is 30.3 Å². The van der Waals surface area contributed by atoms with Gasteiger partial charge in [-0.15, -0.1) is 0 Å². The topological polar surface area (TPSA) is 75.2 Å². The summed E-state index contributed by atoms with van der Waals surface area (Å²) >= 11 is 0. The van der Waals surface area contributed by atoms with E-state index < -0.39 is 5.82 Å². The highest BCUT2D eigenvalue weighted by Gasteiger charge is 2.15. The Morgan fingerprint density at radius 2 is 2.00 bits per heavy atom. The lowest BCUT2D eigenvalue weighted by atomic mass is 10.0. The van der Waals surface area contributed by atoms with Crippen LogP contribution in [-0.4, -0.2) is 37.0 Å². The van der Waals surface area contributed by atoms with Crippen molar-refractivity contribution in [1.82, 2.24) is 4.98 Å². The molecular weight excluding hydrogens is 283 g/mol. The maximum atomic E-state index is 13.1. The molecule has 1 aromatic carbocycles.